The largest absolute Gasteiger partial charge is 0.351 e. The van der Waals surface area contributed by atoms with E-state index in [1.807, 2.05) is 49.4 Å². The Morgan fingerprint density at radius 1 is 0.852 bits per heavy atom. The SMILES string of the molecule is Cc1cccc(NC(=O)CSCC(=O)NCc2ccc3ccccc3c2)c1. The average Bonchev–Trinajstić information content (AvgIpc) is 2.66. The molecule has 27 heavy (non-hydrogen) atoms. The molecule has 3 aromatic carbocycles. The summed E-state index contributed by atoms with van der Waals surface area (Å²) in [5.74, 6) is 0.330. The Morgan fingerprint density at radius 3 is 2.44 bits per heavy atom. The maximum atomic E-state index is 12.0. The highest BCUT2D eigenvalue weighted by atomic mass is 32.2. The maximum Gasteiger partial charge on any atom is 0.234 e. The molecule has 0 unspecified atom stereocenters. The van der Waals surface area contributed by atoms with Gasteiger partial charge in [-0.3, -0.25) is 9.59 Å². The first-order valence-corrected chi connectivity index (χ1v) is 9.94. The van der Waals surface area contributed by atoms with Crippen molar-refractivity contribution in [2.24, 2.45) is 0 Å². The summed E-state index contributed by atoms with van der Waals surface area (Å²) < 4.78 is 0. The molecular weight excluding hydrogens is 356 g/mol. The monoisotopic (exact) mass is 378 g/mol. The average molecular weight is 378 g/mol. The molecule has 3 rings (SSSR count). The molecule has 138 valence electrons. The van der Waals surface area contributed by atoms with Crippen molar-refractivity contribution in [2.45, 2.75) is 13.5 Å². The number of hydrogen-bond donors (Lipinski definition) is 2. The van der Waals surface area contributed by atoms with Gasteiger partial charge in [0.25, 0.3) is 0 Å². The molecule has 2 N–H and O–H groups in total. The minimum atomic E-state index is -0.104. The Balaban J connectivity index is 1.39. The van der Waals surface area contributed by atoms with Crippen LogP contribution in [0.25, 0.3) is 10.8 Å². The van der Waals surface area contributed by atoms with E-state index in [0.717, 1.165) is 22.2 Å². The summed E-state index contributed by atoms with van der Waals surface area (Å²) in [5.41, 5.74) is 2.93. The van der Waals surface area contributed by atoms with Crippen LogP contribution in [0.15, 0.2) is 66.7 Å². The van der Waals surface area contributed by atoms with Crippen LogP contribution in [0.3, 0.4) is 0 Å². The number of carbonyl (C=O) groups excluding carboxylic acids is 2. The number of hydrogen-bond acceptors (Lipinski definition) is 3. The van der Waals surface area contributed by atoms with E-state index in [9.17, 15) is 9.59 Å². The molecule has 0 bridgehead atoms. The van der Waals surface area contributed by atoms with E-state index < -0.39 is 0 Å². The van der Waals surface area contributed by atoms with Crippen molar-refractivity contribution >= 4 is 40.0 Å². The first kappa shape index (κ1) is 19.0. The summed E-state index contributed by atoms with van der Waals surface area (Å²) in [5, 5.41) is 8.08. The van der Waals surface area contributed by atoms with Gasteiger partial charge in [-0.25, -0.2) is 0 Å². The predicted molar refractivity (Wildman–Crippen MR) is 113 cm³/mol. The van der Waals surface area contributed by atoms with E-state index in [1.54, 1.807) is 0 Å². The molecule has 0 radical (unpaired) electrons. The van der Waals surface area contributed by atoms with Crippen molar-refractivity contribution in [1.82, 2.24) is 5.32 Å². The summed E-state index contributed by atoms with van der Waals surface area (Å²) in [6.45, 7) is 2.46. The van der Waals surface area contributed by atoms with Gasteiger partial charge in [0.1, 0.15) is 0 Å². The highest BCUT2D eigenvalue weighted by molar-refractivity contribution is 8.00. The third kappa shape index (κ3) is 5.86. The van der Waals surface area contributed by atoms with Crippen LogP contribution in [0.5, 0.6) is 0 Å². The fraction of sp³-hybridized carbons (Fsp3) is 0.182. The molecule has 0 aliphatic rings. The molecule has 0 spiro atoms. The van der Waals surface area contributed by atoms with Crippen molar-refractivity contribution in [3.8, 4) is 0 Å². The fourth-order valence-electron chi connectivity index (χ4n) is 2.76. The lowest BCUT2D eigenvalue weighted by Crippen LogP contribution is -2.25. The molecule has 0 atom stereocenters. The van der Waals surface area contributed by atoms with Gasteiger partial charge in [-0.1, -0.05) is 48.5 Å². The lowest BCUT2D eigenvalue weighted by Gasteiger charge is -2.08. The minimum absolute atomic E-state index is 0.0727. The van der Waals surface area contributed by atoms with Gasteiger partial charge >= 0.3 is 0 Å². The van der Waals surface area contributed by atoms with Crippen molar-refractivity contribution in [2.75, 3.05) is 16.8 Å². The fourth-order valence-corrected chi connectivity index (χ4v) is 3.40. The zero-order valence-electron chi connectivity index (χ0n) is 15.2. The smallest absolute Gasteiger partial charge is 0.234 e. The summed E-state index contributed by atoms with van der Waals surface area (Å²) >= 11 is 1.31. The van der Waals surface area contributed by atoms with Crippen LogP contribution >= 0.6 is 11.8 Å². The quantitative estimate of drug-likeness (QED) is 0.650. The number of benzene rings is 3. The van der Waals surface area contributed by atoms with Gasteiger partial charge in [-0.2, -0.15) is 0 Å². The zero-order valence-corrected chi connectivity index (χ0v) is 16.0. The van der Waals surface area contributed by atoms with Crippen LogP contribution in [-0.2, 0) is 16.1 Å². The number of anilines is 1. The van der Waals surface area contributed by atoms with Crippen LogP contribution in [0.2, 0.25) is 0 Å². The van der Waals surface area contributed by atoms with Crippen LogP contribution in [0.1, 0.15) is 11.1 Å². The predicted octanol–water partition coefficient (Wildman–Crippen LogP) is 4.14. The van der Waals surface area contributed by atoms with E-state index in [2.05, 4.69) is 34.9 Å². The standard InChI is InChI=1S/C22H22N2O2S/c1-16-5-4-8-20(11-16)24-22(26)15-27-14-21(25)23-13-17-9-10-18-6-2-3-7-19(18)12-17/h2-12H,13-15H2,1H3,(H,23,25)(H,24,26). The molecule has 3 aromatic rings. The highest BCUT2D eigenvalue weighted by Crippen LogP contribution is 2.15. The zero-order chi connectivity index (χ0) is 19.1. The maximum absolute atomic E-state index is 12.0. The number of thioether (sulfide) groups is 1. The Bertz CT molecular complexity index is 956. The van der Waals surface area contributed by atoms with Crippen LogP contribution < -0.4 is 10.6 Å². The van der Waals surface area contributed by atoms with E-state index >= 15 is 0 Å². The Kier molecular flexibility index (Phi) is 6.49. The van der Waals surface area contributed by atoms with Crippen molar-refractivity contribution in [3.63, 3.8) is 0 Å². The van der Waals surface area contributed by atoms with Crippen molar-refractivity contribution < 1.29 is 9.59 Å². The normalized spacial score (nSPS) is 10.6. The molecule has 0 fully saturated rings. The number of nitrogens with one attached hydrogen (secondary N) is 2. The number of rotatable bonds is 7. The summed E-state index contributed by atoms with van der Waals surface area (Å²) in [6, 6.07) is 21.9. The van der Waals surface area contributed by atoms with Crippen molar-refractivity contribution in [1.29, 1.82) is 0 Å². The van der Waals surface area contributed by atoms with Crippen molar-refractivity contribution in [3.05, 3.63) is 77.9 Å². The van der Waals surface area contributed by atoms with E-state index in [0.29, 0.717) is 6.54 Å². The van der Waals surface area contributed by atoms with E-state index in [4.69, 9.17) is 0 Å². The van der Waals surface area contributed by atoms with Gasteiger partial charge < -0.3 is 10.6 Å². The second kappa shape index (κ2) is 9.24. The molecule has 0 aliphatic carbocycles. The topological polar surface area (TPSA) is 58.2 Å². The molecule has 0 aromatic heterocycles. The molecule has 4 nitrogen and oxygen atoms in total. The van der Waals surface area contributed by atoms with Crippen LogP contribution in [0, 0.1) is 6.92 Å². The number of fused-ring (bicyclic) bond motifs is 1. The van der Waals surface area contributed by atoms with Crippen LogP contribution in [-0.4, -0.2) is 23.3 Å². The minimum Gasteiger partial charge on any atom is -0.351 e. The highest BCUT2D eigenvalue weighted by Gasteiger charge is 2.06. The molecule has 0 aliphatic heterocycles. The van der Waals surface area contributed by atoms with E-state index in [1.165, 1.54) is 17.1 Å². The molecule has 0 saturated heterocycles. The lowest BCUT2D eigenvalue weighted by atomic mass is 10.1. The van der Waals surface area contributed by atoms with Gasteiger partial charge in [0.2, 0.25) is 11.8 Å². The molecule has 0 heterocycles. The van der Waals surface area contributed by atoms with Gasteiger partial charge in [-0.05, 0) is 47.0 Å². The Labute approximate surface area is 163 Å². The van der Waals surface area contributed by atoms with E-state index in [-0.39, 0.29) is 23.3 Å². The Morgan fingerprint density at radius 2 is 1.63 bits per heavy atom. The summed E-state index contributed by atoms with van der Waals surface area (Å²) in [7, 11) is 0. The lowest BCUT2D eigenvalue weighted by molar-refractivity contribution is -0.118. The van der Waals surface area contributed by atoms with Gasteiger partial charge in [-0.15, -0.1) is 11.8 Å². The third-order valence-electron chi connectivity index (χ3n) is 4.07. The van der Waals surface area contributed by atoms with Gasteiger partial charge in [0, 0.05) is 12.2 Å². The van der Waals surface area contributed by atoms with Gasteiger partial charge in [0.05, 0.1) is 11.5 Å². The third-order valence-corrected chi connectivity index (χ3v) is 5.00. The second-order valence-corrected chi connectivity index (χ2v) is 7.35. The number of aryl methyl sites for hydroxylation is 1. The van der Waals surface area contributed by atoms with Gasteiger partial charge in [0.15, 0.2) is 0 Å². The Hall–Kier alpha value is -2.79. The number of carbonyl (C=O) groups is 2. The molecular formula is C22H22N2O2S. The molecule has 0 saturated carbocycles. The van der Waals surface area contributed by atoms with Crippen LogP contribution in [0.4, 0.5) is 5.69 Å². The summed E-state index contributed by atoms with van der Waals surface area (Å²) in [6.07, 6.45) is 0. The second-order valence-electron chi connectivity index (χ2n) is 6.37. The first-order valence-electron chi connectivity index (χ1n) is 8.79. The molecule has 2 amide bonds. The first-order chi connectivity index (χ1) is 13.1. The summed E-state index contributed by atoms with van der Waals surface area (Å²) in [4.78, 5) is 23.9. The molecule has 5 heteroatoms. The number of amides is 2.